The van der Waals surface area contributed by atoms with Gasteiger partial charge in [0.25, 0.3) is 10.8 Å². The predicted octanol–water partition coefficient (Wildman–Crippen LogP) is 1.61. The van der Waals surface area contributed by atoms with Gasteiger partial charge in [-0.3, -0.25) is 19.5 Å². The Bertz CT molecular complexity index is 461. The van der Waals surface area contributed by atoms with Gasteiger partial charge < -0.3 is 0 Å². The smallest absolute Gasteiger partial charge is 0.288 e. The van der Waals surface area contributed by atoms with Gasteiger partial charge >= 0.3 is 0 Å². The van der Waals surface area contributed by atoms with Gasteiger partial charge in [0.15, 0.2) is 0 Å². The predicted molar refractivity (Wildman–Crippen MR) is 53.2 cm³/mol. The molecule has 0 heterocycles. The lowest BCUT2D eigenvalue weighted by Gasteiger charge is -1.98. The number of benzene rings is 1. The van der Waals surface area contributed by atoms with E-state index in [1.54, 1.807) is 0 Å². The van der Waals surface area contributed by atoms with Crippen molar-refractivity contribution in [1.29, 1.82) is 0 Å². The minimum Gasteiger partial charge on any atom is -0.300 e. The average Bonchev–Trinajstić information content (AvgIpc) is 2.16. The van der Waals surface area contributed by atoms with Crippen molar-refractivity contribution in [2.24, 2.45) is 0 Å². The van der Waals surface area contributed by atoms with Gasteiger partial charge in [-0.2, -0.15) is 0 Å². The summed E-state index contributed by atoms with van der Waals surface area (Å²) in [6.45, 7) is 0. The minimum absolute atomic E-state index is 0.139. The maximum atomic E-state index is 11.0. The highest BCUT2D eigenvalue weighted by atomic mass is 35.5. The summed E-state index contributed by atoms with van der Waals surface area (Å²) in [5, 5.41) is 9.20. The van der Waals surface area contributed by atoms with Gasteiger partial charge in [-0.05, 0) is 12.1 Å². The normalized spacial score (nSPS) is 12.1. The van der Waals surface area contributed by atoms with Crippen molar-refractivity contribution in [1.82, 2.24) is 0 Å². The first-order chi connectivity index (χ1) is 6.93. The molecule has 1 N–H and O–H groups in total. The third-order valence-electron chi connectivity index (χ3n) is 1.54. The molecule has 1 atom stereocenters. The van der Waals surface area contributed by atoms with E-state index in [2.05, 4.69) is 0 Å². The van der Waals surface area contributed by atoms with Crippen molar-refractivity contribution in [3.05, 3.63) is 38.9 Å². The van der Waals surface area contributed by atoms with Crippen LogP contribution in [-0.4, -0.2) is 18.8 Å². The first-order valence-electron chi connectivity index (χ1n) is 3.52. The summed E-state index contributed by atoms with van der Waals surface area (Å²) >= 11 is 2.79. The van der Waals surface area contributed by atoms with Crippen LogP contribution in [0.1, 0.15) is 10.4 Å². The number of nitrogens with zero attached hydrogens (tertiary/aromatic N) is 1. The summed E-state index contributed by atoms with van der Waals surface area (Å²) in [7, 11) is 0. The molecule has 0 spiro atoms. The first-order valence-corrected chi connectivity index (χ1v) is 5.01. The number of rotatable bonds is 2. The summed E-state index contributed by atoms with van der Waals surface area (Å²) in [5.41, 5.74) is -0.708. The van der Waals surface area contributed by atoms with Crippen molar-refractivity contribution in [2.75, 3.05) is 0 Å². The summed E-state index contributed by atoms with van der Waals surface area (Å²) in [6.07, 6.45) is 0. The third-order valence-corrected chi connectivity index (χ3v) is 2.41. The van der Waals surface area contributed by atoms with E-state index < -0.39 is 26.8 Å². The van der Waals surface area contributed by atoms with Crippen LogP contribution in [0.25, 0.3) is 0 Å². The van der Waals surface area contributed by atoms with Gasteiger partial charge in [-0.25, -0.2) is 4.21 Å². The number of halogens is 1. The van der Waals surface area contributed by atoms with E-state index in [1.165, 1.54) is 0 Å². The summed E-state index contributed by atoms with van der Waals surface area (Å²) in [5.74, 6) is 0. The Labute approximate surface area is 91.3 Å². The highest BCUT2D eigenvalue weighted by Crippen LogP contribution is 2.25. The monoisotopic (exact) mass is 249 g/mol. The van der Waals surface area contributed by atoms with Gasteiger partial charge in [-0.1, -0.05) is 11.6 Å². The molecule has 0 saturated carbocycles. The van der Waals surface area contributed by atoms with E-state index in [-0.39, 0.29) is 10.6 Å². The van der Waals surface area contributed by atoms with Crippen molar-refractivity contribution in [3.8, 4) is 0 Å². The van der Waals surface area contributed by atoms with Gasteiger partial charge in [0.1, 0.15) is 5.02 Å². The molecule has 0 aliphatic heterocycles. The Morgan fingerprint density at radius 2 is 2.13 bits per heavy atom. The third kappa shape index (κ3) is 2.58. The van der Waals surface area contributed by atoms with Gasteiger partial charge in [-0.15, -0.1) is 0 Å². The maximum Gasteiger partial charge on any atom is 0.288 e. The van der Waals surface area contributed by atoms with Crippen LogP contribution in [-0.2, 0) is 11.1 Å². The lowest BCUT2D eigenvalue weighted by Crippen LogP contribution is -2.06. The zero-order chi connectivity index (χ0) is 11.6. The van der Waals surface area contributed by atoms with Crippen LogP contribution in [0.3, 0.4) is 0 Å². The molecule has 0 amide bonds. The Hall–Kier alpha value is -1.31. The van der Waals surface area contributed by atoms with Crippen LogP contribution >= 0.6 is 11.6 Å². The zero-order valence-corrected chi connectivity index (χ0v) is 8.62. The second-order valence-electron chi connectivity index (χ2n) is 2.46. The van der Waals surface area contributed by atoms with E-state index in [0.29, 0.717) is 0 Å². The number of carbonyl (C=O) groups is 1. The zero-order valence-electron chi connectivity index (χ0n) is 7.05. The van der Waals surface area contributed by atoms with Gasteiger partial charge in [0, 0.05) is 11.6 Å². The van der Waals surface area contributed by atoms with Crippen LogP contribution in [0.5, 0.6) is 0 Å². The fraction of sp³-hybridized carbons (Fsp3) is 0. The molecule has 1 aromatic carbocycles. The molecular weight excluding hydrogens is 246 g/mol. The standard InChI is InChI=1S/C7H4ClNO5S/c8-5-2-1-4(7(10)15(13)14)3-6(5)9(11)12/h1-3H,(H,13,14). The molecule has 1 unspecified atom stereocenters. The SMILES string of the molecule is O=C(c1ccc(Cl)c([N+](=O)[O-])c1)S(=O)O. The lowest BCUT2D eigenvalue weighted by molar-refractivity contribution is -0.384. The molecule has 8 heteroatoms. The fourth-order valence-electron chi connectivity index (χ4n) is 0.880. The molecule has 6 nitrogen and oxygen atoms in total. The highest BCUT2D eigenvalue weighted by molar-refractivity contribution is 7.95. The fourth-order valence-corrected chi connectivity index (χ4v) is 1.40. The summed E-state index contributed by atoms with van der Waals surface area (Å²) < 4.78 is 18.9. The van der Waals surface area contributed by atoms with Crippen LogP contribution in [0, 0.1) is 10.1 Å². The van der Waals surface area contributed by atoms with E-state index in [9.17, 15) is 19.1 Å². The Kier molecular flexibility index (Phi) is 3.51. The average molecular weight is 250 g/mol. The maximum absolute atomic E-state index is 11.0. The van der Waals surface area contributed by atoms with Crippen molar-refractivity contribution in [2.45, 2.75) is 0 Å². The topological polar surface area (TPSA) is 97.5 Å². The van der Waals surface area contributed by atoms with E-state index in [4.69, 9.17) is 16.2 Å². The first kappa shape index (κ1) is 11.8. The molecule has 0 bridgehead atoms. The number of carbonyl (C=O) groups excluding carboxylic acids is 1. The molecule has 0 aliphatic rings. The molecule has 0 radical (unpaired) electrons. The molecule has 80 valence electrons. The Morgan fingerprint density at radius 3 is 2.60 bits per heavy atom. The van der Waals surface area contributed by atoms with Crippen molar-refractivity contribution in [3.63, 3.8) is 0 Å². The number of hydrogen-bond donors (Lipinski definition) is 1. The van der Waals surface area contributed by atoms with Gasteiger partial charge in [0.2, 0.25) is 11.1 Å². The van der Waals surface area contributed by atoms with E-state index in [0.717, 1.165) is 18.2 Å². The van der Waals surface area contributed by atoms with Crippen LogP contribution in [0.4, 0.5) is 5.69 Å². The second kappa shape index (κ2) is 4.47. The Morgan fingerprint density at radius 1 is 1.53 bits per heavy atom. The largest absolute Gasteiger partial charge is 0.300 e. The molecule has 0 fully saturated rings. The lowest BCUT2D eigenvalue weighted by atomic mass is 10.2. The van der Waals surface area contributed by atoms with E-state index >= 15 is 0 Å². The van der Waals surface area contributed by atoms with Crippen LogP contribution < -0.4 is 0 Å². The second-order valence-corrected chi connectivity index (χ2v) is 3.74. The van der Waals surface area contributed by atoms with E-state index in [1.807, 2.05) is 0 Å². The molecule has 1 aromatic rings. The molecule has 0 aromatic heterocycles. The summed E-state index contributed by atoms with van der Waals surface area (Å²) in [4.78, 5) is 20.7. The molecule has 0 aliphatic carbocycles. The van der Waals surface area contributed by atoms with Gasteiger partial charge in [0.05, 0.1) is 4.92 Å². The minimum atomic E-state index is -2.69. The quantitative estimate of drug-likeness (QED) is 0.488. The van der Waals surface area contributed by atoms with Crippen molar-refractivity contribution >= 4 is 33.5 Å². The van der Waals surface area contributed by atoms with Crippen molar-refractivity contribution < 1.29 is 18.5 Å². The number of nitro benzene ring substituents is 1. The molecule has 15 heavy (non-hydrogen) atoms. The highest BCUT2D eigenvalue weighted by Gasteiger charge is 2.18. The molecule has 0 saturated heterocycles. The molecule has 1 rings (SSSR count). The number of nitro groups is 1. The van der Waals surface area contributed by atoms with Crippen LogP contribution in [0.15, 0.2) is 18.2 Å². The van der Waals surface area contributed by atoms with Crippen LogP contribution in [0.2, 0.25) is 5.02 Å². The summed E-state index contributed by atoms with van der Waals surface area (Å²) in [6, 6.07) is 3.13. The number of hydrogen-bond acceptors (Lipinski definition) is 4. The Balaban J connectivity index is 3.25. The molecular formula is C7H4ClNO5S.